The largest absolute Gasteiger partial charge is 0.459 e. The lowest BCUT2D eigenvalue weighted by Gasteiger charge is -2.45. The van der Waals surface area contributed by atoms with Gasteiger partial charge in [-0.2, -0.15) is 0 Å². The van der Waals surface area contributed by atoms with Gasteiger partial charge in [0.1, 0.15) is 12.2 Å². The first-order valence-corrected chi connectivity index (χ1v) is 9.73. The molecule has 6 rings (SSSR count). The van der Waals surface area contributed by atoms with Gasteiger partial charge in [0.05, 0.1) is 10.8 Å². The number of hydrogen-bond donors (Lipinski definition) is 1. The van der Waals surface area contributed by atoms with Gasteiger partial charge in [0.2, 0.25) is 11.9 Å². The van der Waals surface area contributed by atoms with Gasteiger partial charge in [-0.15, -0.1) is 0 Å². The second-order valence-electron chi connectivity index (χ2n) is 10.1. The average molecular weight is 390 g/mol. The van der Waals surface area contributed by atoms with Crippen LogP contribution in [0.2, 0.25) is 0 Å². The van der Waals surface area contributed by atoms with Crippen molar-refractivity contribution in [3.8, 4) is 0 Å². The minimum atomic E-state index is -1.55. The van der Waals surface area contributed by atoms with Crippen molar-refractivity contribution < 1.29 is 38.4 Å². The molecule has 2 spiro atoms. The summed E-state index contributed by atoms with van der Waals surface area (Å²) < 4.78 is 23.2. The number of esters is 3. The number of hydrogen-bond acceptors (Lipinski definition) is 8. The van der Waals surface area contributed by atoms with Crippen LogP contribution in [0.15, 0.2) is 11.1 Å². The van der Waals surface area contributed by atoms with Crippen molar-refractivity contribution >= 4 is 17.9 Å². The maximum atomic E-state index is 13.2. The Morgan fingerprint density at radius 2 is 1.82 bits per heavy atom. The first-order chi connectivity index (χ1) is 13.0. The van der Waals surface area contributed by atoms with Crippen molar-refractivity contribution in [1.29, 1.82) is 0 Å². The zero-order valence-corrected chi connectivity index (χ0v) is 16.1. The minimum absolute atomic E-state index is 0.193. The summed E-state index contributed by atoms with van der Waals surface area (Å²) in [6.07, 6.45) is -2.87. The van der Waals surface area contributed by atoms with Gasteiger partial charge in [0, 0.05) is 17.6 Å². The minimum Gasteiger partial charge on any atom is -0.459 e. The zero-order valence-electron chi connectivity index (χ0n) is 16.1. The normalized spacial score (nSPS) is 53.0. The second-order valence-corrected chi connectivity index (χ2v) is 10.1. The highest BCUT2D eigenvalue weighted by Crippen LogP contribution is 2.83. The van der Waals surface area contributed by atoms with Gasteiger partial charge in [0.25, 0.3) is 0 Å². The van der Waals surface area contributed by atoms with Crippen LogP contribution in [0.5, 0.6) is 0 Å². The number of rotatable bonds is 0. The molecule has 0 radical (unpaired) electrons. The van der Waals surface area contributed by atoms with Gasteiger partial charge < -0.3 is 24.1 Å². The van der Waals surface area contributed by atoms with Gasteiger partial charge in [-0.3, -0.25) is 0 Å². The summed E-state index contributed by atoms with van der Waals surface area (Å²) in [5.41, 5.74) is -3.18. The molecule has 0 bridgehead atoms. The highest BCUT2D eigenvalue weighted by Gasteiger charge is 2.96. The van der Waals surface area contributed by atoms with E-state index in [0.717, 1.165) is 0 Å². The molecule has 4 aliphatic heterocycles. The van der Waals surface area contributed by atoms with E-state index in [9.17, 15) is 19.5 Å². The molecule has 0 aromatic heterocycles. The predicted octanol–water partition coefficient (Wildman–Crippen LogP) is 0.609. The molecule has 150 valence electrons. The zero-order chi connectivity index (χ0) is 20.0. The third-order valence-electron chi connectivity index (χ3n) is 8.30. The SMILES string of the molecule is CC1=C2C(CC34C5CC(C(C)(C)C)C36C(OC(=O)[C@@H]6O)OC24C(=O)O5)OC1=O. The third kappa shape index (κ3) is 1.28. The summed E-state index contributed by atoms with van der Waals surface area (Å²) in [4.78, 5) is 37.9. The lowest BCUT2D eigenvalue weighted by molar-refractivity contribution is -0.191. The van der Waals surface area contributed by atoms with Gasteiger partial charge in [-0.05, 0) is 24.7 Å². The first kappa shape index (κ1) is 17.0. The highest BCUT2D eigenvalue weighted by molar-refractivity contribution is 6.00. The molecular weight excluding hydrogens is 368 g/mol. The van der Waals surface area contributed by atoms with Crippen LogP contribution >= 0.6 is 0 Å². The highest BCUT2D eigenvalue weighted by atomic mass is 16.7. The van der Waals surface area contributed by atoms with Crippen molar-refractivity contribution in [3.05, 3.63) is 11.1 Å². The molecule has 0 aromatic carbocycles. The van der Waals surface area contributed by atoms with E-state index in [1.807, 2.05) is 20.8 Å². The second kappa shape index (κ2) is 4.31. The lowest BCUT2D eigenvalue weighted by Crippen LogP contribution is -2.58. The molecule has 7 unspecified atom stereocenters. The molecule has 8 nitrogen and oxygen atoms in total. The summed E-state index contributed by atoms with van der Waals surface area (Å²) in [6, 6.07) is 0. The van der Waals surface area contributed by atoms with Crippen LogP contribution < -0.4 is 0 Å². The number of aliphatic hydroxyl groups is 1. The van der Waals surface area contributed by atoms with E-state index in [2.05, 4.69) is 0 Å². The number of aliphatic hydroxyl groups excluding tert-OH is 1. The Balaban J connectivity index is 1.70. The van der Waals surface area contributed by atoms with Gasteiger partial charge in [0.15, 0.2) is 6.10 Å². The van der Waals surface area contributed by atoms with E-state index in [4.69, 9.17) is 18.9 Å². The van der Waals surface area contributed by atoms with Crippen LogP contribution in [-0.4, -0.2) is 53.2 Å². The van der Waals surface area contributed by atoms with Gasteiger partial charge >= 0.3 is 17.9 Å². The Hall–Kier alpha value is -1.93. The van der Waals surface area contributed by atoms with Crippen molar-refractivity contribution in [1.82, 2.24) is 0 Å². The quantitative estimate of drug-likeness (QED) is 0.473. The Morgan fingerprint density at radius 1 is 1.11 bits per heavy atom. The fourth-order valence-electron chi connectivity index (χ4n) is 7.60. The standard InChI is InChI=1S/C20H22O8/c1-7-11-8(25-13(7)22)6-18-10-5-9(17(2,3)4)19(18)12(21)14(23)27-16(19)28-20(11,18)15(24)26-10/h8-10,12,16,21H,5-6H2,1-4H3/t8?,9?,10?,12-,16?,18?,19?,20?/m0/s1. The maximum absolute atomic E-state index is 13.2. The van der Waals surface area contributed by atoms with Crippen molar-refractivity contribution in [2.75, 3.05) is 0 Å². The summed E-state index contributed by atoms with van der Waals surface area (Å²) in [6.45, 7) is 7.74. The van der Waals surface area contributed by atoms with Crippen molar-refractivity contribution in [2.45, 2.75) is 70.7 Å². The fraction of sp³-hybridized carbons (Fsp3) is 0.750. The molecular formula is C20H22O8. The molecule has 1 N–H and O–H groups in total. The number of ether oxygens (including phenoxy) is 4. The predicted molar refractivity (Wildman–Crippen MR) is 89.2 cm³/mol. The Morgan fingerprint density at radius 3 is 2.50 bits per heavy atom. The monoisotopic (exact) mass is 390 g/mol. The number of carbonyl (C=O) groups excluding carboxylic acids is 3. The number of carbonyl (C=O) groups is 3. The Kier molecular flexibility index (Phi) is 2.61. The molecule has 3 saturated heterocycles. The average Bonchev–Trinajstić information content (AvgIpc) is 3.30. The van der Waals surface area contributed by atoms with Crippen LogP contribution in [0.1, 0.15) is 40.5 Å². The summed E-state index contributed by atoms with van der Waals surface area (Å²) in [7, 11) is 0. The van der Waals surface area contributed by atoms with E-state index in [-0.39, 0.29) is 17.8 Å². The van der Waals surface area contributed by atoms with Crippen LogP contribution in [0, 0.1) is 22.2 Å². The Bertz CT molecular complexity index is 914. The van der Waals surface area contributed by atoms with E-state index < -0.39 is 58.9 Å². The molecule has 0 aromatic rings. The van der Waals surface area contributed by atoms with E-state index in [0.29, 0.717) is 17.6 Å². The van der Waals surface area contributed by atoms with E-state index in [1.54, 1.807) is 6.92 Å². The molecule has 5 fully saturated rings. The van der Waals surface area contributed by atoms with Crippen molar-refractivity contribution in [2.24, 2.45) is 22.2 Å². The molecule has 6 aliphatic rings. The topological polar surface area (TPSA) is 108 Å². The molecule has 2 aliphatic carbocycles. The first-order valence-electron chi connectivity index (χ1n) is 9.73. The smallest absolute Gasteiger partial charge is 0.344 e. The lowest BCUT2D eigenvalue weighted by atomic mass is 9.52. The van der Waals surface area contributed by atoms with Crippen LogP contribution in [0.3, 0.4) is 0 Å². The summed E-state index contributed by atoms with van der Waals surface area (Å²) in [5.74, 6) is -1.97. The molecule has 0 amide bonds. The molecule has 8 atom stereocenters. The van der Waals surface area contributed by atoms with E-state index in [1.165, 1.54) is 0 Å². The van der Waals surface area contributed by atoms with Crippen molar-refractivity contribution in [3.63, 3.8) is 0 Å². The maximum Gasteiger partial charge on any atom is 0.344 e. The Labute approximate surface area is 161 Å². The molecule has 28 heavy (non-hydrogen) atoms. The van der Waals surface area contributed by atoms with E-state index >= 15 is 0 Å². The third-order valence-corrected chi connectivity index (χ3v) is 8.30. The van der Waals surface area contributed by atoms with Gasteiger partial charge in [-0.1, -0.05) is 20.8 Å². The van der Waals surface area contributed by atoms with Crippen LogP contribution in [0.25, 0.3) is 0 Å². The van der Waals surface area contributed by atoms with Gasteiger partial charge in [-0.25, -0.2) is 14.4 Å². The van der Waals surface area contributed by atoms with Crippen LogP contribution in [0.4, 0.5) is 0 Å². The molecule has 4 heterocycles. The number of fused-ring (bicyclic) bond motifs is 1. The fourth-order valence-corrected chi connectivity index (χ4v) is 7.60. The summed E-state index contributed by atoms with van der Waals surface area (Å²) in [5, 5.41) is 11.2. The molecule has 8 heteroatoms. The molecule has 2 saturated carbocycles. The summed E-state index contributed by atoms with van der Waals surface area (Å²) >= 11 is 0. The van der Waals surface area contributed by atoms with Crippen LogP contribution in [-0.2, 0) is 33.3 Å².